The summed E-state index contributed by atoms with van der Waals surface area (Å²) in [7, 11) is 0. The van der Waals surface area contributed by atoms with Crippen molar-refractivity contribution in [1.29, 1.82) is 0 Å². The quantitative estimate of drug-likeness (QED) is 0.599. The highest BCUT2D eigenvalue weighted by Gasteiger charge is 2.17. The average Bonchev–Trinajstić information content (AvgIpc) is 2.39. The Balaban J connectivity index is 2.61. The van der Waals surface area contributed by atoms with Gasteiger partial charge in [0.15, 0.2) is 5.69 Å². The molecule has 5 nitrogen and oxygen atoms in total. The Morgan fingerprint density at radius 3 is 2.59 bits per heavy atom. The van der Waals surface area contributed by atoms with Gasteiger partial charge in [0.1, 0.15) is 12.0 Å². The van der Waals surface area contributed by atoms with Gasteiger partial charge in [0.05, 0.1) is 4.92 Å². The minimum Gasteiger partial charge on any atom is -0.258 e. The molecule has 0 aliphatic heterocycles. The summed E-state index contributed by atoms with van der Waals surface area (Å²) in [5.74, 6) is 0.606. The summed E-state index contributed by atoms with van der Waals surface area (Å²) < 4.78 is 0. The highest BCUT2D eigenvalue weighted by Crippen LogP contribution is 2.26. The van der Waals surface area contributed by atoms with Crippen LogP contribution in [0.25, 0.3) is 11.3 Å². The first-order chi connectivity index (χ1) is 8.22. The molecule has 0 fully saturated rings. The van der Waals surface area contributed by atoms with Crippen LogP contribution in [0, 0.1) is 10.1 Å². The Bertz CT molecular complexity index is 541. The minimum atomic E-state index is -0.457. The molecule has 0 saturated carbocycles. The number of nitrogens with zero attached hydrogens (tertiary/aromatic N) is 3. The summed E-state index contributed by atoms with van der Waals surface area (Å²) in [5, 5.41) is 10.9. The fraction of sp³-hybridized carbons (Fsp3) is 0.167. The zero-order valence-corrected chi connectivity index (χ0v) is 9.33. The van der Waals surface area contributed by atoms with Gasteiger partial charge in [-0.1, -0.05) is 37.3 Å². The molecule has 0 aliphatic rings. The lowest BCUT2D eigenvalue weighted by Crippen LogP contribution is -2.00. The maximum Gasteiger partial charge on any atom is 0.313 e. The van der Waals surface area contributed by atoms with Crippen LogP contribution >= 0.6 is 0 Å². The lowest BCUT2D eigenvalue weighted by molar-refractivity contribution is -0.384. The van der Waals surface area contributed by atoms with Gasteiger partial charge in [0, 0.05) is 12.0 Å². The Labute approximate surface area is 98.3 Å². The van der Waals surface area contributed by atoms with Crippen LogP contribution in [0.4, 0.5) is 5.69 Å². The van der Waals surface area contributed by atoms with Crippen LogP contribution in [0.15, 0.2) is 36.5 Å². The Morgan fingerprint density at radius 1 is 1.29 bits per heavy atom. The normalized spacial score (nSPS) is 10.2. The Morgan fingerprint density at radius 2 is 2.00 bits per heavy atom. The lowest BCUT2D eigenvalue weighted by atomic mass is 10.1. The first-order valence-corrected chi connectivity index (χ1v) is 5.28. The molecule has 0 amide bonds. The van der Waals surface area contributed by atoms with Gasteiger partial charge in [-0.3, -0.25) is 10.1 Å². The zero-order valence-electron chi connectivity index (χ0n) is 9.33. The molecule has 1 heterocycles. The number of rotatable bonds is 3. The molecular formula is C12H11N3O2. The summed E-state index contributed by atoms with van der Waals surface area (Å²) in [5.41, 5.74) is 1.05. The van der Waals surface area contributed by atoms with Crippen LogP contribution in [-0.2, 0) is 6.42 Å². The van der Waals surface area contributed by atoms with E-state index in [-0.39, 0.29) is 5.69 Å². The van der Waals surface area contributed by atoms with Crippen molar-refractivity contribution in [3.8, 4) is 11.3 Å². The van der Waals surface area contributed by atoms with Crippen molar-refractivity contribution in [3.63, 3.8) is 0 Å². The second-order valence-corrected chi connectivity index (χ2v) is 3.50. The van der Waals surface area contributed by atoms with E-state index in [2.05, 4.69) is 9.97 Å². The SMILES string of the molecule is CCc1ncc([N+](=O)[O-])c(-c2ccccc2)n1. The molecule has 1 aromatic carbocycles. The third-order valence-corrected chi connectivity index (χ3v) is 2.38. The molecule has 0 aliphatic carbocycles. The summed E-state index contributed by atoms with van der Waals surface area (Å²) in [6, 6.07) is 9.11. The smallest absolute Gasteiger partial charge is 0.258 e. The van der Waals surface area contributed by atoms with Crippen molar-refractivity contribution < 1.29 is 4.92 Å². The molecule has 0 N–H and O–H groups in total. The molecule has 17 heavy (non-hydrogen) atoms. The van der Waals surface area contributed by atoms with E-state index < -0.39 is 4.92 Å². The maximum absolute atomic E-state index is 10.9. The molecule has 5 heteroatoms. The van der Waals surface area contributed by atoms with E-state index in [0.717, 1.165) is 5.56 Å². The highest BCUT2D eigenvalue weighted by molar-refractivity contribution is 5.68. The third kappa shape index (κ3) is 2.28. The van der Waals surface area contributed by atoms with Crippen molar-refractivity contribution in [3.05, 3.63) is 52.5 Å². The van der Waals surface area contributed by atoms with E-state index in [9.17, 15) is 10.1 Å². The fourth-order valence-corrected chi connectivity index (χ4v) is 1.52. The van der Waals surface area contributed by atoms with Gasteiger partial charge in [-0.25, -0.2) is 9.97 Å². The van der Waals surface area contributed by atoms with Crippen LogP contribution in [0.2, 0.25) is 0 Å². The summed E-state index contributed by atoms with van der Waals surface area (Å²) in [6.45, 7) is 1.91. The third-order valence-electron chi connectivity index (χ3n) is 2.38. The molecule has 0 saturated heterocycles. The first-order valence-electron chi connectivity index (χ1n) is 5.28. The maximum atomic E-state index is 10.9. The molecule has 0 spiro atoms. The predicted molar refractivity (Wildman–Crippen MR) is 63.5 cm³/mol. The fourth-order valence-electron chi connectivity index (χ4n) is 1.52. The second kappa shape index (κ2) is 4.69. The monoisotopic (exact) mass is 229 g/mol. The predicted octanol–water partition coefficient (Wildman–Crippen LogP) is 2.61. The molecule has 0 radical (unpaired) electrons. The van der Waals surface area contributed by atoms with Gasteiger partial charge >= 0.3 is 5.69 Å². The van der Waals surface area contributed by atoms with Crippen molar-refractivity contribution in [1.82, 2.24) is 9.97 Å². The Kier molecular flexibility index (Phi) is 3.09. The molecule has 0 bridgehead atoms. The second-order valence-electron chi connectivity index (χ2n) is 3.50. The zero-order chi connectivity index (χ0) is 12.3. The molecule has 1 aromatic heterocycles. The molecule has 0 atom stereocenters. The van der Waals surface area contributed by atoms with Crippen LogP contribution in [0.1, 0.15) is 12.7 Å². The number of nitro groups is 1. The largest absolute Gasteiger partial charge is 0.313 e. The van der Waals surface area contributed by atoms with Crippen molar-refractivity contribution in [2.24, 2.45) is 0 Å². The summed E-state index contributed by atoms with van der Waals surface area (Å²) >= 11 is 0. The minimum absolute atomic E-state index is 0.0617. The van der Waals surface area contributed by atoms with E-state index in [0.29, 0.717) is 17.9 Å². The molecular weight excluding hydrogens is 218 g/mol. The highest BCUT2D eigenvalue weighted by atomic mass is 16.6. The number of hydrogen-bond donors (Lipinski definition) is 0. The summed E-state index contributed by atoms with van der Waals surface area (Å²) in [6.07, 6.45) is 1.92. The number of aromatic nitrogens is 2. The van der Waals surface area contributed by atoms with E-state index in [1.807, 2.05) is 25.1 Å². The van der Waals surface area contributed by atoms with Crippen molar-refractivity contribution in [2.75, 3.05) is 0 Å². The van der Waals surface area contributed by atoms with Gasteiger partial charge < -0.3 is 0 Å². The van der Waals surface area contributed by atoms with E-state index in [1.54, 1.807) is 12.1 Å². The van der Waals surface area contributed by atoms with E-state index in [1.165, 1.54) is 6.20 Å². The number of hydrogen-bond acceptors (Lipinski definition) is 4. The molecule has 2 rings (SSSR count). The van der Waals surface area contributed by atoms with E-state index >= 15 is 0 Å². The molecule has 2 aromatic rings. The average molecular weight is 229 g/mol. The summed E-state index contributed by atoms with van der Waals surface area (Å²) in [4.78, 5) is 18.6. The van der Waals surface area contributed by atoms with Gasteiger partial charge in [-0.05, 0) is 0 Å². The van der Waals surface area contributed by atoms with Gasteiger partial charge in [0.2, 0.25) is 0 Å². The Hall–Kier alpha value is -2.30. The molecule has 0 unspecified atom stereocenters. The number of benzene rings is 1. The van der Waals surface area contributed by atoms with Gasteiger partial charge in [-0.15, -0.1) is 0 Å². The number of aryl methyl sites for hydroxylation is 1. The van der Waals surface area contributed by atoms with Crippen molar-refractivity contribution in [2.45, 2.75) is 13.3 Å². The molecule has 86 valence electrons. The van der Waals surface area contributed by atoms with Crippen LogP contribution < -0.4 is 0 Å². The topological polar surface area (TPSA) is 68.9 Å². The van der Waals surface area contributed by atoms with E-state index in [4.69, 9.17) is 0 Å². The van der Waals surface area contributed by atoms with Crippen LogP contribution in [-0.4, -0.2) is 14.9 Å². The van der Waals surface area contributed by atoms with Crippen LogP contribution in [0.3, 0.4) is 0 Å². The van der Waals surface area contributed by atoms with Crippen molar-refractivity contribution >= 4 is 5.69 Å². The standard InChI is InChI=1S/C12H11N3O2/c1-2-11-13-8-10(15(16)17)12(14-11)9-6-4-3-5-7-9/h3-8H,2H2,1H3. The van der Waals surface area contributed by atoms with Crippen LogP contribution in [0.5, 0.6) is 0 Å². The first kappa shape index (κ1) is 11.2. The van der Waals surface area contributed by atoms with Gasteiger partial charge in [-0.2, -0.15) is 0 Å². The van der Waals surface area contributed by atoms with Gasteiger partial charge in [0.25, 0.3) is 0 Å². The lowest BCUT2D eigenvalue weighted by Gasteiger charge is -2.03.